The van der Waals surface area contributed by atoms with Gasteiger partial charge in [-0.15, -0.1) is 0 Å². The Morgan fingerprint density at radius 2 is 1.79 bits per heavy atom. The van der Waals surface area contributed by atoms with Gasteiger partial charge in [-0.05, 0) is 24.3 Å². The molecule has 0 unspecified atom stereocenters. The average molecular weight is 426 g/mol. The van der Waals surface area contributed by atoms with Crippen molar-refractivity contribution in [2.45, 2.75) is 6.54 Å². The second kappa shape index (κ2) is 8.46. The molecular formula is C19H21ClFN3O3S. The number of hydrogen-bond donors (Lipinski definition) is 1. The molecule has 1 N–H and O–H groups in total. The number of nitrogens with zero attached hydrogens (tertiary/aromatic N) is 2. The van der Waals surface area contributed by atoms with Crippen molar-refractivity contribution in [3.05, 3.63) is 64.4 Å². The Bertz CT molecular complexity index is 956. The Labute approximate surface area is 168 Å². The fourth-order valence-corrected chi connectivity index (χ4v) is 3.95. The molecule has 0 spiro atoms. The number of hydrogen-bond acceptors (Lipinski definition) is 4. The van der Waals surface area contributed by atoms with Crippen LogP contribution in [0.25, 0.3) is 0 Å². The highest BCUT2D eigenvalue weighted by molar-refractivity contribution is 7.92. The molecule has 0 saturated carbocycles. The van der Waals surface area contributed by atoms with Crippen LogP contribution in [0.5, 0.6) is 0 Å². The van der Waals surface area contributed by atoms with Crippen LogP contribution in [0.3, 0.4) is 0 Å². The van der Waals surface area contributed by atoms with Crippen LogP contribution in [0.1, 0.15) is 15.9 Å². The number of amides is 1. The summed E-state index contributed by atoms with van der Waals surface area (Å²) in [4.78, 5) is 16.6. The van der Waals surface area contributed by atoms with Crippen LogP contribution < -0.4 is 4.72 Å². The van der Waals surface area contributed by atoms with E-state index in [-0.39, 0.29) is 17.4 Å². The first-order valence-electron chi connectivity index (χ1n) is 8.76. The minimum atomic E-state index is -3.49. The SMILES string of the molecule is CS(=O)(=O)Nc1ccccc1C(=O)N1CCN(Cc2c(F)cccc2Cl)CC1. The highest BCUT2D eigenvalue weighted by Crippen LogP contribution is 2.23. The zero-order valence-corrected chi connectivity index (χ0v) is 16.9. The van der Waals surface area contributed by atoms with Crippen molar-refractivity contribution < 1.29 is 17.6 Å². The summed E-state index contributed by atoms with van der Waals surface area (Å²) in [5.74, 6) is -0.581. The predicted molar refractivity (Wildman–Crippen MR) is 107 cm³/mol. The van der Waals surface area contributed by atoms with E-state index in [0.29, 0.717) is 48.9 Å². The quantitative estimate of drug-likeness (QED) is 0.799. The van der Waals surface area contributed by atoms with E-state index in [4.69, 9.17) is 11.6 Å². The first-order valence-corrected chi connectivity index (χ1v) is 11.0. The van der Waals surface area contributed by atoms with Gasteiger partial charge in [-0.3, -0.25) is 14.4 Å². The van der Waals surface area contributed by atoms with E-state index in [2.05, 4.69) is 4.72 Å². The third-order valence-corrected chi connectivity index (χ3v) is 5.50. The molecule has 1 amide bonds. The van der Waals surface area contributed by atoms with Crippen LogP contribution in [-0.4, -0.2) is 56.6 Å². The van der Waals surface area contributed by atoms with Gasteiger partial charge in [0.25, 0.3) is 5.91 Å². The lowest BCUT2D eigenvalue weighted by atomic mass is 10.1. The minimum absolute atomic E-state index is 0.240. The van der Waals surface area contributed by atoms with Crippen LogP contribution in [-0.2, 0) is 16.6 Å². The number of carbonyl (C=O) groups excluding carboxylic acids is 1. The lowest BCUT2D eigenvalue weighted by Crippen LogP contribution is -2.48. The first kappa shape index (κ1) is 20.6. The maximum absolute atomic E-state index is 14.0. The number of halogens is 2. The van der Waals surface area contributed by atoms with E-state index < -0.39 is 10.0 Å². The summed E-state index contributed by atoms with van der Waals surface area (Å²) in [6.45, 7) is 2.42. The summed E-state index contributed by atoms with van der Waals surface area (Å²) in [6.07, 6.45) is 1.04. The molecule has 1 aliphatic rings. The number of sulfonamides is 1. The van der Waals surface area contributed by atoms with Crippen LogP contribution in [0.2, 0.25) is 5.02 Å². The van der Waals surface area contributed by atoms with Crippen LogP contribution in [0.15, 0.2) is 42.5 Å². The van der Waals surface area contributed by atoms with Gasteiger partial charge < -0.3 is 4.90 Å². The van der Waals surface area contributed by atoms with Crippen molar-refractivity contribution >= 4 is 33.2 Å². The Hall–Kier alpha value is -2.16. The summed E-state index contributed by atoms with van der Waals surface area (Å²) in [6, 6.07) is 11.1. The van der Waals surface area contributed by atoms with Crippen molar-refractivity contribution in [3.8, 4) is 0 Å². The Balaban J connectivity index is 1.66. The summed E-state index contributed by atoms with van der Waals surface area (Å²) in [5, 5.41) is 0.388. The standard InChI is InChI=1S/C19H21ClFN3O3S/c1-28(26,27)22-18-8-3-2-5-14(18)19(25)24-11-9-23(10-12-24)13-15-16(20)6-4-7-17(15)21/h2-8,22H,9-13H2,1H3. The second-order valence-electron chi connectivity index (χ2n) is 6.69. The van der Waals surface area contributed by atoms with E-state index in [9.17, 15) is 17.6 Å². The van der Waals surface area contributed by atoms with E-state index in [0.717, 1.165) is 6.26 Å². The number of anilines is 1. The van der Waals surface area contributed by atoms with Gasteiger partial charge in [0, 0.05) is 43.3 Å². The highest BCUT2D eigenvalue weighted by atomic mass is 35.5. The lowest BCUT2D eigenvalue weighted by molar-refractivity contribution is 0.0628. The number of benzene rings is 2. The van der Waals surface area contributed by atoms with Gasteiger partial charge in [-0.2, -0.15) is 0 Å². The summed E-state index contributed by atoms with van der Waals surface area (Å²) in [5.41, 5.74) is 1.01. The van der Waals surface area contributed by atoms with E-state index in [1.165, 1.54) is 6.07 Å². The molecular weight excluding hydrogens is 405 g/mol. The molecule has 0 aliphatic carbocycles. The minimum Gasteiger partial charge on any atom is -0.336 e. The maximum atomic E-state index is 14.0. The summed E-state index contributed by atoms with van der Waals surface area (Å²) >= 11 is 6.09. The van der Waals surface area contributed by atoms with Gasteiger partial charge in [0.15, 0.2) is 0 Å². The Morgan fingerprint density at radius 3 is 2.43 bits per heavy atom. The molecule has 0 atom stereocenters. The molecule has 6 nitrogen and oxygen atoms in total. The topological polar surface area (TPSA) is 69.7 Å². The fraction of sp³-hybridized carbons (Fsp3) is 0.316. The maximum Gasteiger partial charge on any atom is 0.256 e. The van der Waals surface area contributed by atoms with Gasteiger partial charge in [0.05, 0.1) is 17.5 Å². The third kappa shape index (κ3) is 5.01. The van der Waals surface area contributed by atoms with E-state index in [1.807, 2.05) is 4.90 Å². The highest BCUT2D eigenvalue weighted by Gasteiger charge is 2.25. The zero-order valence-electron chi connectivity index (χ0n) is 15.4. The third-order valence-electron chi connectivity index (χ3n) is 4.56. The molecule has 2 aromatic rings. The van der Waals surface area contributed by atoms with E-state index in [1.54, 1.807) is 41.3 Å². The van der Waals surface area contributed by atoms with Crippen molar-refractivity contribution in [1.82, 2.24) is 9.80 Å². The van der Waals surface area contributed by atoms with Gasteiger partial charge in [-0.25, -0.2) is 12.8 Å². The smallest absolute Gasteiger partial charge is 0.256 e. The second-order valence-corrected chi connectivity index (χ2v) is 8.84. The Morgan fingerprint density at radius 1 is 1.11 bits per heavy atom. The van der Waals surface area contributed by atoms with Crippen LogP contribution >= 0.6 is 11.6 Å². The molecule has 1 heterocycles. The van der Waals surface area contributed by atoms with E-state index >= 15 is 0 Å². The van der Waals surface area contributed by atoms with Crippen molar-refractivity contribution in [1.29, 1.82) is 0 Å². The molecule has 2 aromatic carbocycles. The van der Waals surface area contributed by atoms with Gasteiger partial charge in [0.1, 0.15) is 5.82 Å². The van der Waals surface area contributed by atoms with Gasteiger partial charge in [-0.1, -0.05) is 29.8 Å². The summed E-state index contributed by atoms with van der Waals surface area (Å²) < 4.78 is 39.4. The molecule has 150 valence electrons. The lowest BCUT2D eigenvalue weighted by Gasteiger charge is -2.35. The zero-order chi connectivity index (χ0) is 20.3. The van der Waals surface area contributed by atoms with Crippen molar-refractivity contribution in [2.75, 3.05) is 37.2 Å². The number of rotatable bonds is 5. The number of carbonyl (C=O) groups is 1. The Kier molecular flexibility index (Phi) is 6.22. The normalized spacial score (nSPS) is 15.5. The van der Waals surface area contributed by atoms with Gasteiger partial charge >= 0.3 is 0 Å². The largest absolute Gasteiger partial charge is 0.336 e. The number of nitrogens with one attached hydrogen (secondary N) is 1. The van der Waals surface area contributed by atoms with Crippen molar-refractivity contribution in [3.63, 3.8) is 0 Å². The number of para-hydroxylation sites is 1. The van der Waals surface area contributed by atoms with Gasteiger partial charge in [0.2, 0.25) is 10.0 Å². The molecule has 1 saturated heterocycles. The molecule has 28 heavy (non-hydrogen) atoms. The molecule has 1 aliphatic heterocycles. The monoisotopic (exact) mass is 425 g/mol. The van der Waals surface area contributed by atoms with Crippen molar-refractivity contribution in [2.24, 2.45) is 0 Å². The molecule has 9 heteroatoms. The fourth-order valence-electron chi connectivity index (χ4n) is 3.14. The first-order chi connectivity index (χ1) is 13.2. The van der Waals surface area contributed by atoms with Crippen LogP contribution in [0.4, 0.5) is 10.1 Å². The summed E-state index contributed by atoms with van der Waals surface area (Å²) in [7, 11) is -3.49. The molecule has 0 aromatic heterocycles. The molecule has 0 bridgehead atoms. The molecule has 0 radical (unpaired) electrons. The number of piperazine rings is 1. The average Bonchev–Trinajstić information content (AvgIpc) is 2.64. The predicted octanol–water partition coefficient (Wildman–Crippen LogP) is 2.81. The molecule has 3 rings (SSSR count). The molecule has 1 fully saturated rings. The van der Waals surface area contributed by atoms with Crippen LogP contribution in [0, 0.1) is 5.82 Å².